The molecule has 244 valence electrons. The number of aliphatic imine (C=N–C) groups is 1. The number of nitrogens with one attached hydrogen (secondary N) is 1. The minimum absolute atomic E-state index is 0.0894. The Bertz CT molecular complexity index is 1780. The molecule has 3 aromatic carbocycles. The van der Waals surface area contributed by atoms with Crippen LogP contribution in [0, 0.1) is 11.3 Å². The zero-order chi connectivity index (χ0) is 33.7. The van der Waals surface area contributed by atoms with E-state index in [0.29, 0.717) is 33.6 Å². The molecule has 0 spiro atoms. The summed E-state index contributed by atoms with van der Waals surface area (Å²) in [5, 5.41) is 17.6. The number of benzene rings is 3. The van der Waals surface area contributed by atoms with Gasteiger partial charge in [-0.3, -0.25) is 0 Å². The van der Waals surface area contributed by atoms with Crippen molar-refractivity contribution in [2.45, 2.75) is 51.6 Å². The molecule has 4 aromatic rings. The summed E-state index contributed by atoms with van der Waals surface area (Å²) in [5.41, 5.74) is 3.70. The monoisotopic (exact) mass is 663 g/mol. The molecule has 0 bridgehead atoms. The van der Waals surface area contributed by atoms with E-state index < -0.39 is 18.4 Å². The molecule has 1 N–H and O–H groups in total. The number of ether oxygens (including phenoxy) is 2. The Morgan fingerprint density at radius 2 is 1.81 bits per heavy atom. The second-order valence-corrected chi connectivity index (χ2v) is 12.1. The Labute approximate surface area is 274 Å². The summed E-state index contributed by atoms with van der Waals surface area (Å²) >= 11 is 1.49. The van der Waals surface area contributed by atoms with Gasteiger partial charge in [-0.25, -0.2) is 14.5 Å². The maximum Gasteiger partial charge on any atom is 0.573 e. The van der Waals surface area contributed by atoms with Crippen LogP contribution in [0.4, 0.5) is 23.7 Å². The lowest BCUT2D eigenvalue weighted by Crippen LogP contribution is -2.43. The highest BCUT2D eigenvalue weighted by Gasteiger charge is 2.31. The number of halogens is 3. The third kappa shape index (κ3) is 8.04. The van der Waals surface area contributed by atoms with Crippen LogP contribution in [0.15, 0.2) is 78.0 Å². The smallest absolute Gasteiger partial charge is 0.497 e. The van der Waals surface area contributed by atoms with Crippen molar-refractivity contribution in [1.82, 2.24) is 20.1 Å². The van der Waals surface area contributed by atoms with Gasteiger partial charge in [0.1, 0.15) is 23.9 Å². The first-order valence-electron chi connectivity index (χ1n) is 14.7. The van der Waals surface area contributed by atoms with Gasteiger partial charge in [0.15, 0.2) is 11.0 Å². The first kappa shape index (κ1) is 33.3. The van der Waals surface area contributed by atoms with Crippen molar-refractivity contribution in [3.05, 3.63) is 84.2 Å². The molecule has 2 heterocycles. The SMILES string of the molecule is COc1ccc(C(C)C)c(N2C(=NC(=O)NC(C#N)c3ccc(-c4ncn(-c5ccc(OC(F)(F)F)cc5)n4)cc3)SCCC2C)c1. The van der Waals surface area contributed by atoms with E-state index in [1.165, 1.54) is 47.0 Å². The molecule has 1 aromatic heterocycles. The zero-order valence-corrected chi connectivity index (χ0v) is 26.8. The van der Waals surface area contributed by atoms with Crippen LogP contribution in [0.1, 0.15) is 50.3 Å². The lowest BCUT2D eigenvalue weighted by molar-refractivity contribution is -0.274. The van der Waals surface area contributed by atoms with Crippen LogP contribution in [-0.2, 0) is 0 Å². The molecular weight excluding hydrogens is 631 g/mol. The first-order chi connectivity index (χ1) is 22.5. The van der Waals surface area contributed by atoms with Gasteiger partial charge in [0, 0.05) is 23.4 Å². The van der Waals surface area contributed by atoms with Crippen molar-refractivity contribution in [1.29, 1.82) is 5.26 Å². The average molecular weight is 664 g/mol. The number of carbonyl (C=O) groups is 1. The van der Waals surface area contributed by atoms with E-state index in [0.717, 1.165) is 23.4 Å². The summed E-state index contributed by atoms with van der Waals surface area (Å²) in [6, 6.07) is 18.6. The summed E-state index contributed by atoms with van der Waals surface area (Å²) in [4.78, 5) is 24.0. The van der Waals surface area contributed by atoms with E-state index in [1.807, 2.05) is 18.2 Å². The van der Waals surface area contributed by atoms with E-state index in [-0.39, 0.29) is 17.7 Å². The fourth-order valence-corrected chi connectivity index (χ4v) is 6.27. The van der Waals surface area contributed by atoms with Crippen molar-refractivity contribution in [3.63, 3.8) is 0 Å². The standard InChI is InChI=1S/C33H32F3N7O3S/c1-20(2)27-14-13-26(45-4)17-29(27)43-21(3)15-16-47-32(43)40-31(44)39-28(18-37)22-5-7-23(8-6-22)30-38-19-42(41-30)24-9-11-25(12-10-24)46-33(34,35)36/h5-14,17,19-21,28H,15-16H2,1-4H3,(H,39,44). The Balaban J connectivity index is 1.30. The molecule has 1 aliphatic rings. The van der Waals surface area contributed by atoms with E-state index in [1.54, 1.807) is 31.4 Å². The molecule has 5 rings (SSSR count). The second kappa shape index (κ2) is 14.2. The molecule has 1 aliphatic heterocycles. The number of methoxy groups -OCH3 is 1. The predicted molar refractivity (Wildman–Crippen MR) is 174 cm³/mol. The molecule has 1 saturated heterocycles. The second-order valence-electron chi connectivity index (χ2n) is 11.0. The van der Waals surface area contributed by atoms with Gasteiger partial charge in [-0.15, -0.1) is 18.3 Å². The van der Waals surface area contributed by atoms with Crippen molar-refractivity contribution >= 4 is 28.6 Å². The van der Waals surface area contributed by atoms with E-state index in [9.17, 15) is 23.2 Å². The lowest BCUT2D eigenvalue weighted by atomic mass is 9.99. The highest BCUT2D eigenvalue weighted by Crippen LogP contribution is 2.37. The third-order valence-electron chi connectivity index (χ3n) is 7.46. The Hall–Kier alpha value is -5.03. The molecule has 2 atom stereocenters. The number of nitriles is 1. The number of hydrogen-bond acceptors (Lipinski definition) is 7. The number of rotatable bonds is 8. The Kier molecular flexibility index (Phi) is 10.0. The quantitative estimate of drug-likeness (QED) is 0.205. The summed E-state index contributed by atoms with van der Waals surface area (Å²) in [7, 11) is 1.62. The summed E-state index contributed by atoms with van der Waals surface area (Å²) < 4.78 is 48.2. The van der Waals surface area contributed by atoms with Gasteiger partial charge >= 0.3 is 12.4 Å². The van der Waals surface area contributed by atoms with Gasteiger partial charge in [-0.05, 0) is 60.7 Å². The molecule has 0 saturated carbocycles. The molecule has 14 heteroatoms. The number of thioether (sulfide) groups is 1. The number of carbonyl (C=O) groups excluding carboxylic acids is 1. The molecule has 47 heavy (non-hydrogen) atoms. The van der Waals surface area contributed by atoms with Crippen LogP contribution in [-0.4, -0.2) is 51.2 Å². The van der Waals surface area contributed by atoms with Crippen LogP contribution in [0.25, 0.3) is 17.1 Å². The van der Waals surface area contributed by atoms with Crippen LogP contribution < -0.4 is 19.7 Å². The highest BCUT2D eigenvalue weighted by molar-refractivity contribution is 8.14. The summed E-state index contributed by atoms with van der Waals surface area (Å²) in [6.07, 6.45) is -2.44. The Morgan fingerprint density at radius 3 is 2.45 bits per heavy atom. The van der Waals surface area contributed by atoms with E-state index >= 15 is 0 Å². The number of amides is 2. The van der Waals surface area contributed by atoms with Gasteiger partial charge in [-0.1, -0.05) is 55.9 Å². The topological polar surface area (TPSA) is 118 Å². The largest absolute Gasteiger partial charge is 0.573 e. The molecule has 0 radical (unpaired) electrons. The molecule has 10 nitrogen and oxygen atoms in total. The van der Waals surface area contributed by atoms with Crippen molar-refractivity contribution < 1.29 is 27.4 Å². The number of alkyl halides is 3. The fourth-order valence-electron chi connectivity index (χ4n) is 5.06. The van der Waals surface area contributed by atoms with Crippen LogP contribution in [0.3, 0.4) is 0 Å². The summed E-state index contributed by atoms with van der Waals surface area (Å²) in [5.74, 6) is 1.75. The molecule has 2 amide bonds. The van der Waals surface area contributed by atoms with Gasteiger partial charge in [0.2, 0.25) is 0 Å². The van der Waals surface area contributed by atoms with Crippen LogP contribution >= 0.6 is 11.8 Å². The van der Waals surface area contributed by atoms with Crippen molar-refractivity contribution in [2.75, 3.05) is 17.8 Å². The Morgan fingerprint density at radius 1 is 1.11 bits per heavy atom. The van der Waals surface area contributed by atoms with Crippen LogP contribution in [0.5, 0.6) is 11.5 Å². The number of urea groups is 1. The minimum Gasteiger partial charge on any atom is -0.497 e. The van der Waals surface area contributed by atoms with Gasteiger partial charge < -0.3 is 19.7 Å². The van der Waals surface area contributed by atoms with E-state index in [4.69, 9.17) is 4.74 Å². The number of aromatic nitrogens is 3. The number of hydrogen-bond donors (Lipinski definition) is 1. The molecular formula is C33H32F3N7O3S. The van der Waals surface area contributed by atoms with Crippen LogP contribution in [0.2, 0.25) is 0 Å². The fraction of sp³-hybridized carbons (Fsp3) is 0.303. The van der Waals surface area contributed by atoms with Gasteiger partial charge in [-0.2, -0.15) is 10.3 Å². The molecule has 0 aliphatic carbocycles. The maximum atomic E-state index is 13.2. The molecule has 2 unspecified atom stereocenters. The number of amidine groups is 1. The van der Waals surface area contributed by atoms with E-state index in [2.05, 4.69) is 56.9 Å². The van der Waals surface area contributed by atoms with Gasteiger partial charge in [0.25, 0.3) is 0 Å². The predicted octanol–water partition coefficient (Wildman–Crippen LogP) is 7.63. The van der Waals surface area contributed by atoms with Crippen molar-refractivity contribution in [2.24, 2.45) is 4.99 Å². The minimum atomic E-state index is -4.78. The molecule has 1 fully saturated rings. The maximum absolute atomic E-state index is 13.2. The average Bonchev–Trinajstić information content (AvgIpc) is 3.53. The number of anilines is 1. The van der Waals surface area contributed by atoms with Crippen molar-refractivity contribution in [3.8, 4) is 34.6 Å². The highest BCUT2D eigenvalue weighted by atomic mass is 32.2. The number of nitrogens with zero attached hydrogens (tertiary/aromatic N) is 6. The first-order valence-corrected chi connectivity index (χ1v) is 15.7. The third-order valence-corrected chi connectivity index (χ3v) is 8.44. The zero-order valence-electron chi connectivity index (χ0n) is 26.0. The van der Waals surface area contributed by atoms with Gasteiger partial charge in [0.05, 0.1) is 24.6 Å². The lowest BCUT2D eigenvalue weighted by Gasteiger charge is -2.37. The summed E-state index contributed by atoms with van der Waals surface area (Å²) in [6.45, 7) is 6.32. The normalized spacial score (nSPS) is 16.5.